The van der Waals surface area contributed by atoms with Crippen molar-refractivity contribution in [3.8, 4) is 0 Å². The number of carbonyl (C=O) groups is 2. The monoisotopic (exact) mass is 273 g/mol. The van der Waals surface area contributed by atoms with Gasteiger partial charge in [-0.2, -0.15) is 5.10 Å². The Morgan fingerprint density at radius 1 is 1.30 bits per heavy atom. The van der Waals surface area contributed by atoms with Crippen molar-refractivity contribution >= 4 is 17.6 Å². The minimum atomic E-state index is -1.07. The number of anilines is 1. The smallest absolute Gasteiger partial charge is 0.338 e. The van der Waals surface area contributed by atoms with Crippen molar-refractivity contribution in [2.75, 3.05) is 5.32 Å². The van der Waals surface area contributed by atoms with Crippen LogP contribution in [0, 0.1) is 6.92 Å². The number of aromatic carboxylic acids is 1. The van der Waals surface area contributed by atoms with Crippen LogP contribution in [0.4, 0.5) is 5.69 Å². The van der Waals surface area contributed by atoms with Gasteiger partial charge in [-0.15, -0.1) is 0 Å². The van der Waals surface area contributed by atoms with Crippen molar-refractivity contribution in [3.05, 3.63) is 47.8 Å². The lowest BCUT2D eigenvalue weighted by Gasteiger charge is -2.12. The van der Waals surface area contributed by atoms with Crippen molar-refractivity contribution in [1.82, 2.24) is 9.78 Å². The Labute approximate surface area is 116 Å². The molecule has 0 saturated heterocycles. The van der Waals surface area contributed by atoms with Crippen LogP contribution in [-0.2, 0) is 4.79 Å². The summed E-state index contributed by atoms with van der Waals surface area (Å²) in [6.07, 6.45) is 2.56. The average molecular weight is 273 g/mol. The van der Waals surface area contributed by atoms with Gasteiger partial charge in [-0.3, -0.25) is 9.48 Å². The number of nitrogens with one attached hydrogen (secondary N) is 1. The van der Waals surface area contributed by atoms with E-state index in [1.165, 1.54) is 17.1 Å². The number of carboxylic acids is 1. The molecule has 0 radical (unpaired) electrons. The number of rotatable bonds is 4. The zero-order chi connectivity index (χ0) is 14.7. The van der Waals surface area contributed by atoms with Crippen LogP contribution in [0.1, 0.15) is 28.9 Å². The standard InChI is InChI=1S/C14H15N3O3/c1-9-3-5-12(6-4-9)16-13(18)10(2)17-8-11(7-15-17)14(19)20/h3-8,10H,1-2H3,(H,16,18)(H,19,20). The van der Waals surface area contributed by atoms with Crippen molar-refractivity contribution in [2.45, 2.75) is 19.9 Å². The van der Waals surface area contributed by atoms with Gasteiger partial charge in [0.05, 0.1) is 11.8 Å². The van der Waals surface area contributed by atoms with Gasteiger partial charge >= 0.3 is 5.97 Å². The predicted molar refractivity (Wildman–Crippen MR) is 73.7 cm³/mol. The number of hydrogen-bond acceptors (Lipinski definition) is 3. The number of aromatic nitrogens is 2. The third kappa shape index (κ3) is 3.03. The lowest BCUT2D eigenvalue weighted by atomic mass is 10.2. The summed E-state index contributed by atoms with van der Waals surface area (Å²) in [5.74, 6) is -1.32. The summed E-state index contributed by atoms with van der Waals surface area (Å²) in [7, 11) is 0. The molecule has 1 heterocycles. The summed E-state index contributed by atoms with van der Waals surface area (Å²) in [5, 5.41) is 15.5. The van der Waals surface area contributed by atoms with E-state index >= 15 is 0 Å². The molecule has 0 spiro atoms. The van der Waals surface area contributed by atoms with E-state index in [0.717, 1.165) is 5.56 Å². The largest absolute Gasteiger partial charge is 0.478 e. The molecule has 6 nitrogen and oxygen atoms in total. The molecule has 1 atom stereocenters. The van der Waals surface area contributed by atoms with E-state index in [1.807, 2.05) is 31.2 Å². The lowest BCUT2D eigenvalue weighted by Crippen LogP contribution is -2.24. The quantitative estimate of drug-likeness (QED) is 0.893. The average Bonchev–Trinajstić information content (AvgIpc) is 2.90. The fourth-order valence-electron chi connectivity index (χ4n) is 1.66. The molecule has 0 aliphatic heterocycles. The lowest BCUT2D eigenvalue weighted by molar-refractivity contribution is -0.119. The Morgan fingerprint density at radius 2 is 1.95 bits per heavy atom. The highest BCUT2D eigenvalue weighted by Gasteiger charge is 2.17. The van der Waals surface area contributed by atoms with Crippen molar-refractivity contribution in [2.24, 2.45) is 0 Å². The fourth-order valence-corrected chi connectivity index (χ4v) is 1.66. The highest BCUT2D eigenvalue weighted by molar-refractivity contribution is 5.93. The summed E-state index contributed by atoms with van der Waals surface area (Å²) in [4.78, 5) is 22.8. The highest BCUT2D eigenvalue weighted by Crippen LogP contribution is 2.13. The summed E-state index contributed by atoms with van der Waals surface area (Å²) in [5.41, 5.74) is 1.85. The SMILES string of the molecule is Cc1ccc(NC(=O)C(C)n2cc(C(=O)O)cn2)cc1. The van der Waals surface area contributed by atoms with Crippen molar-refractivity contribution < 1.29 is 14.7 Å². The maximum atomic E-state index is 12.1. The molecular formula is C14H15N3O3. The summed E-state index contributed by atoms with van der Waals surface area (Å²) >= 11 is 0. The number of carboxylic acid groups (broad SMARTS) is 1. The van der Waals surface area contributed by atoms with E-state index in [2.05, 4.69) is 10.4 Å². The van der Waals surface area contributed by atoms with Crippen LogP contribution >= 0.6 is 0 Å². The van der Waals surface area contributed by atoms with Gasteiger partial charge in [0.1, 0.15) is 6.04 Å². The first kappa shape index (κ1) is 13.8. The molecule has 1 amide bonds. The number of aryl methyl sites for hydroxylation is 1. The number of benzene rings is 1. The van der Waals surface area contributed by atoms with Crippen LogP contribution in [-0.4, -0.2) is 26.8 Å². The third-order valence-electron chi connectivity index (χ3n) is 2.94. The van der Waals surface area contributed by atoms with E-state index in [-0.39, 0.29) is 11.5 Å². The van der Waals surface area contributed by atoms with Gasteiger partial charge in [0.15, 0.2) is 0 Å². The van der Waals surface area contributed by atoms with Crippen LogP contribution in [0.25, 0.3) is 0 Å². The summed E-state index contributed by atoms with van der Waals surface area (Å²) < 4.78 is 1.33. The van der Waals surface area contributed by atoms with Gasteiger partial charge in [-0.05, 0) is 26.0 Å². The van der Waals surface area contributed by atoms with Crippen molar-refractivity contribution in [3.63, 3.8) is 0 Å². The van der Waals surface area contributed by atoms with E-state index < -0.39 is 12.0 Å². The number of nitrogens with zero attached hydrogens (tertiary/aromatic N) is 2. The number of hydrogen-bond donors (Lipinski definition) is 2. The maximum Gasteiger partial charge on any atom is 0.338 e. The molecule has 1 unspecified atom stereocenters. The molecular weight excluding hydrogens is 258 g/mol. The van der Waals surface area contributed by atoms with Gasteiger partial charge in [-0.25, -0.2) is 4.79 Å². The van der Waals surface area contributed by atoms with Crippen LogP contribution in [0.3, 0.4) is 0 Å². The second-order valence-electron chi connectivity index (χ2n) is 4.55. The second kappa shape index (κ2) is 5.56. The van der Waals surface area contributed by atoms with Gasteiger partial charge in [0.2, 0.25) is 5.91 Å². The first-order valence-corrected chi connectivity index (χ1v) is 6.12. The summed E-state index contributed by atoms with van der Waals surface area (Å²) in [6, 6.07) is 6.83. The third-order valence-corrected chi connectivity index (χ3v) is 2.94. The minimum absolute atomic E-state index is 0.0555. The van der Waals surface area contributed by atoms with Gasteiger partial charge in [-0.1, -0.05) is 17.7 Å². The number of carbonyl (C=O) groups excluding carboxylic acids is 1. The molecule has 1 aromatic carbocycles. The molecule has 20 heavy (non-hydrogen) atoms. The second-order valence-corrected chi connectivity index (χ2v) is 4.55. The first-order chi connectivity index (χ1) is 9.47. The van der Waals surface area contributed by atoms with E-state index in [9.17, 15) is 9.59 Å². The zero-order valence-corrected chi connectivity index (χ0v) is 11.2. The fraction of sp³-hybridized carbons (Fsp3) is 0.214. The maximum absolute atomic E-state index is 12.1. The molecule has 0 bridgehead atoms. The highest BCUT2D eigenvalue weighted by atomic mass is 16.4. The van der Waals surface area contributed by atoms with Gasteiger partial charge < -0.3 is 10.4 Å². The molecule has 0 aliphatic rings. The van der Waals surface area contributed by atoms with Crippen LogP contribution < -0.4 is 5.32 Å². The first-order valence-electron chi connectivity index (χ1n) is 6.12. The molecule has 104 valence electrons. The van der Waals surface area contributed by atoms with Crippen LogP contribution in [0.15, 0.2) is 36.7 Å². The van der Waals surface area contributed by atoms with Crippen molar-refractivity contribution in [1.29, 1.82) is 0 Å². The molecule has 2 aromatic rings. The Balaban J connectivity index is 2.07. The molecule has 0 aliphatic carbocycles. The topological polar surface area (TPSA) is 84.2 Å². The van der Waals surface area contributed by atoms with Crippen LogP contribution in [0.2, 0.25) is 0 Å². The van der Waals surface area contributed by atoms with E-state index in [1.54, 1.807) is 6.92 Å². The molecule has 2 rings (SSSR count). The molecule has 2 N–H and O–H groups in total. The summed E-state index contributed by atoms with van der Waals surface area (Å²) in [6.45, 7) is 3.62. The van der Waals surface area contributed by atoms with Gasteiger partial charge in [0, 0.05) is 11.9 Å². The van der Waals surface area contributed by atoms with Gasteiger partial charge in [0.25, 0.3) is 0 Å². The normalized spacial score (nSPS) is 11.9. The zero-order valence-electron chi connectivity index (χ0n) is 11.2. The van der Waals surface area contributed by atoms with Crippen LogP contribution in [0.5, 0.6) is 0 Å². The Hall–Kier alpha value is -2.63. The minimum Gasteiger partial charge on any atom is -0.478 e. The van der Waals surface area contributed by atoms with E-state index in [0.29, 0.717) is 5.69 Å². The molecule has 0 saturated carbocycles. The molecule has 1 aromatic heterocycles. The predicted octanol–water partition coefficient (Wildman–Crippen LogP) is 2.09. The Kier molecular flexibility index (Phi) is 3.84. The van der Waals surface area contributed by atoms with E-state index in [4.69, 9.17) is 5.11 Å². The number of amides is 1. The molecule has 6 heteroatoms. The Morgan fingerprint density at radius 3 is 2.50 bits per heavy atom. The molecule has 0 fully saturated rings. The Bertz CT molecular complexity index is 631.